The Labute approximate surface area is 110 Å². The van der Waals surface area contributed by atoms with Gasteiger partial charge in [-0.25, -0.2) is 0 Å². The van der Waals surface area contributed by atoms with Gasteiger partial charge in [0.05, 0.1) is 17.9 Å². The lowest BCUT2D eigenvalue weighted by atomic mass is 9.92. The summed E-state index contributed by atoms with van der Waals surface area (Å²) in [6.07, 6.45) is 1.44. The number of nitrogens with zero attached hydrogens (tertiary/aromatic N) is 1. The number of rotatable bonds is 3. The average molecular weight is 260 g/mol. The van der Waals surface area contributed by atoms with Gasteiger partial charge >= 0.3 is 0 Å². The van der Waals surface area contributed by atoms with Crippen LogP contribution in [0.3, 0.4) is 0 Å². The van der Waals surface area contributed by atoms with E-state index in [1.807, 2.05) is 6.07 Å². The number of halogens is 1. The van der Waals surface area contributed by atoms with Crippen molar-refractivity contribution in [2.75, 3.05) is 0 Å². The van der Waals surface area contributed by atoms with E-state index in [0.29, 0.717) is 21.9 Å². The highest BCUT2D eigenvalue weighted by Gasteiger charge is 2.24. The third-order valence-electron chi connectivity index (χ3n) is 2.70. The van der Waals surface area contributed by atoms with Gasteiger partial charge in [0.15, 0.2) is 5.78 Å². The third-order valence-corrected chi connectivity index (χ3v) is 2.93. The molecule has 0 bridgehead atoms. The molecule has 1 aromatic heterocycles. The van der Waals surface area contributed by atoms with Gasteiger partial charge in [0, 0.05) is 5.02 Å². The lowest BCUT2D eigenvalue weighted by Gasteiger charge is -2.08. The molecule has 0 N–H and O–H groups in total. The topological polar surface area (TPSA) is 54.0 Å². The van der Waals surface area contributed by atoms with Gasteiger partial charge in [0.1, 0.15) is 11.7 Å². The summed E-state index contributed by atoms with van der Waals surface area (Å²) in [6.45, 7) is 1.69. The van der Waals surface area contributed by atoms with E-state index >= 15 is 0 Å². The molecule has 1 heterocycles. The van der Waals surface area contributed by atoms with Gasteiger partial charge in [0.2, 0.25) is 0 Å². The van der Waals surface area contributed by atoms with Crippen molar-refractivity contribution in [2.24, 2.45) is 0 Å². The number of hydrogen-bond acceptors (Lipinski definition) is 3. The summed E-state index contributed by atoms with van der Waals surface area (Å²) in [5, 5.41) is 9.69. The summed E-state index contributed by atoms with van der Waals surface area (Å²) in [5.41, 5.74) is 1.03. The van der Waals surface area contributed by atoms with Crippen LogP contribution in [0.15, 0.2) is 41.0 Å². The number of benzene rings is 1. The maximum Gasteiger partial charge on any atom is 0.187 e. The fourth-order valence-electron chi connectivity index (χ4n) is 1.77. The van der Waals surface area contributed by atoms with Crippen LogP contribution in [0.25, 0.3) is 0 Å². The van der Waals surface area contributed by atoms with Gasteiger partial charge in [0.25, 0.3) is 0 Å². The Morgan fingerprint density at radius 1 is 1.44 bits per heavy atom. The fourth-order valence-corrected chi connectivity index (χ4v) is 1.97. The molecule has 0 aliphatic heterocycles. The second kappa shape index (κ2) is 5.07. The van der Waals surface area contributed by atoms with Crippen molar-refractivity contribution in [1.82, 2.24) is 0 Å². The Morgan fingerprint density at radius 2 is 2.22 bits per heavy atom. The Bertz CT molecular complexity index is 625. The molecule has 0 fully saturated rings. The Hall–Kier alpha value is -2.05. The first kappa shape index (κ1) is 12.4. The molecule has 0 radical (unpaired) electrons. The van der Waals surface area contributed by atoms with Crippen molar-refractivity contribution < 1.29 is 9.21 Å². The summed E-state index contributed by atoms with van der Waals surface area (Å²) in [7, 11) is 0. The monoisotopic (exact) mass is 259 g/mol. The van der Waals surface area contributed by atoms with Gasteiger partial charge in [-0.15, -0.1) is 0 Å². The van der Waals surface area contributed by atoms with Crippen LogP contribution in [-0.2, 0) is 0 Å². The second-order valence-corrected chi connectivity index (χ2v) is 4.31. The van der Waals surface area contributed by atoms with E-state index < -0.39 is 5.92 Å². The standard InChI is InChI=1S/C14H10ClNO2/c1-9-12(5-6-18-9)14(17)13(8-16)10-3-2-4-11(15)7-10/h2-7,13H,1H3. The van der Waals surface area contributed by atoms with E-state index in [1.165, 1.54) is 6.26 Å². The molecule has 4 heteroatoms. The minimum atomic E-state index is -0.861. The molecule has 3 nitrogen and oxygen atoms in total. The third kappa shape index (κ3) is 2.29. The molecule has 2 rings (SSSR count). The number of Topliss-reactive ketones (excluding diaryl/α,β-unsaturated/α-hetero) is 1. The van der Waals surface area contributed by atoms with E-state index in [4.69, 9.17) is 16.0 Å². The highest BCUT2D eigenvalue weighted by atomic mass is 35.5. The maximum absolute atomic E-state index is 12.2. The predicted molar refractivity (Wildman–Crippen MR) is 67.6 cm³/mol. The largest absolute Gasteiger partial charge is 0.469 e. The first-order chi connectivity index (χ1) is 8.63. The molecule has 2 aromatic rings. The average Bonchev–Trinajstić information content (AvgIpc) is 2.76. The number of carbonyl (C=O) groups excluding carboxylic acids is 1. The minimum Gasteiger partial charge on any atom is -0.469 e. The van der Waals surface area contributed by atoms with Gasteiger partial charge < -0.3 is 4.42 Å². The SMILES string of the molecule is Cc1occc1C(=O)C(C#N)c1cccc(Cl)c1. The molecular formula is C14H10ClNO2. The van der Waals surface area contributed by atoms with Gasteiger partial charge in [-0.2, -0.15) is 5.26 Å². The fraction of sp³-hybridized carbons (Fsp3) is 0.143. The molecule has 0 aliphatic rings. The quantitative estimate of drug-likeness (QED) is 0.789. The first-order valence-corrected chi connectivity index (χ1v) is 5.74. The van der Waals surface area contributed by atoms with E-state index in [0.717, 1.165) is 0 Å². The lowest BCUT2D eigenvalue weighted by Crippen LogP contribution is -2.11. The predicted octanol–water partition coefficient (Wildman–Crippen LogP) is 3.73. The van der Waals surface area contributed by atoms with Crippen LogP contribution in [-0.4, -0.2) is 5.78 Å². The zero-order valence-electron chi connectivity index (χ0n) is 9.68. The normalized spacial score (nSPS) is 11.8. The molecule has 18 heavy (non-hydrogen) atoms. The highest BCUT2D eigenvalue weighted by Crippen LogP contribution is 2.24. The smallest absolute Gasteiger partial charge is 0.187 e. The number of nitriles is 1. The molecule has 90 valence electrons. The zero-order chi connectivity index (χ0) is 13.1. The Balaban J connectivity index is 2.39. The van der Waals surface area contributed by atoms with E-state index in [2.05, 4.69) is 0 Å². The van der Waals surface area contributed by atoms with Crippen molar-refractivity contribution in [3.05, 3.63) is 58.5 Å². The molecule has 0 saturated carbocycles. The summed E-state index contributed by atoms with van der Waals surface area (Å²) < 4.78 is 5.08. The molecule has 0 amide bonds. The van der Waals surface area contributed by atoms with Gasteiger partial charge in [-0.3, -0.25) is 4.79 Å². The van der Waals surface area contributed by atoms with Crippen LogP contribution < -0.4 is 0 Å². The Kier molecular flexibility index (Phi) is 3.50. The second-order valence-electron chi connectivity index (χ2n) is 3.87. The van der Waals surface area contributed by atoms with E-state index in [-0.39, 0.29) is 5.78 Å². The van der Waals surface area contributed by atoms with E-state index in [9.17, 15) is 10.1 Å². The maximum atomic E-state index is 12.2. The molecule has 0 spiro atoms. The number of carbonyl (C=O) groups is 1. The summed E-state index contributed by atoms with van der Waals surface area (Å²) in [4.78, 5) is 12.2. The van der Waals surface area contributed by atoms with Crippen LogP contribution in [0.1, 0.15) is 27.6 Å². The highest BCUT2D eigenvalue weighted by molar-refractivity contribution is 6.30. The van der Waals surface area contributed by atoms with Crippen LogP contribution in [0.4, 0.5) is 0 Å². The van der Waals surface area contributed by atoms with Crippen LogP contribution in [0.2, 0.25) is 5.02 Å². The van der Waals surface area contributed by atoms with Crippen LogP contribution >= 0.6 is 11.6 Å². The first-order valence-electron chi connectivity index (χ1n) is 5.37. The minimum absolute atomic E-state index is 0.272. The van der Waals surface area contributed by atoms with Crippen molar-refractivity contribution in [3.63, 3.8) is 0 Å². The molecule has 0 saturated heterocycles. The van der Waals surface area contributed by atoms with E-state index in [1.54, 1.807) is 37.3 Å². The number of ketones is 1. The molecule has 1 unspecified atom stereocenters. The van der Waals surface area contributed by atoms with Gasteiger partial charge in [-0.1, -0.05) is 23.7 Å². The molecule has 1 aromatic carbocycles. The van der Waals surface area contributed by atoms with Crippen molar-refractivity contribution >= 4 is 17.4 Å². The van der Waals surface area contributed by atoms with Crippen molar-refractivity contribution in [1.29, 1.82) is 5.26 Å². The zero-order valence-corrected chi connectivity index (χ0v) is 10.4. The van der Waals surface area contributed by atoms with Crippen LogP contribution in [0.5, 0.6) is 0 Å². The summed E-state index contributed by atoms with van der Waals surface area (Å²) in [6, 6.07) is 10.4. The summed E-state index contributed by atoms with van der Waals surface area (Å²) >= 11 is 5.87. The lowest BCUT2D eigenvalue weighted by molar-refractivity contribution is 0.0977. The molecule has 1 atom stereocenters. The Morgan fingerprint density at radius 3 is 2.78 bits per heavy atom. The van der Waals surface area contributed by atoms with Crippen LogP contribution in [0, 0.1) is 18.3 Å². The van der Waals surface area contributed by atoms with Crippen molar-refractivity contribution in [3.8, 4) is 6.07 Å². The summed E-state index contributed by atoms with van der Waals surface area (Å²) in [5.74, 6) is -0.617. The molecular weight excluding hydrogens is 250 g/mol. The number of aryl methyl sites for hydroxylation is 1. The number of hydrogen-bond donors (Lipinski definition) is 0. The van der Waals surface area contributed by atoms with Crippen molar-refractivity contribution in [2.45, 2.75) is 12.8 Å². The molecule has 0 aliphatic carbocycles. The number of furan rings is 1. The van der Waals surface area contributed by atoms with Gasteiger partial charge in [-0.05, 0) is 30.7 Å².